The van der Waals surface area contributed by atoms with Crippen LogP contribution in [0.4, 0.5) is 0 Å². The topological polar surface area (TPSA) is 93.9 Å². The number of hydrogen-bond donors (Lipinski definition) is 0. The van der Waals surface area contributed by atoms with Crippen molar-refractivity contribution in [3.05, 3.63) is 59.7 Å². The molecule has 9 heteroatoms. The van der Waals surface area contributed by atoms with E-state index in [1.54, 1.807) is 17.0 Å². The molecule has 0 aliphatic carbocycles. The average Bonchev–Trinajstić information content (AvgIpc) is 3.36. The number of sulfonamides is 1. The van der Waals surface area contributed by atoms with Crippen molar-refractivity contribution < 1.29 is 17.9 Å². The standard InChI is InChI=1S/C24H28N4O4S/c1-32-21-8-10-22(11-9-21)33(30,31)28-12-2-3-23(28)24(29)27-15-13-26(14-16-27)18-20-6-4-19(17-25)5-7-20/h4-11,23H,2-3,12-16,18H2,1H3/t23-/m0/s1. The first-order chi connectivity index (χ1) is 15.9. The van der Waals surface area contributed by atoms with Crippen LogP contribution in [-0.4, -0.2) is 74.3 Å². The van der Waals surface area contributed by atoms with Gasteiger partial charge in [-0.25, -0.2) is 8.42 Å². The fourth-order valence-corrected chi connectivity index (χ4v) is 6.09. The third-order valence-corrected chi connectivity index (χ3v) is 8.25. The first-order valence-electron chi connectivity index (χ1n) is 11.1. The van der Waals surface area contributed by atoms with Gasteiger partial charge in [-0.1, -0.05) is 12.1 Å². The third kappa shape index (κ3) is 5.03. The fourth-order valence-electron chi connectivity index (χ4n) is 4.44. The van der Waals surface area contributed by atoms with Gasteiger partial charge in [-0.2, -0.15) is 9.57 Å². The van der Waals surface area contributed by atoms with E-state index in [9.17, 15) is 13.2 Å². The Morgan fingerprint density at radius 3 is 2.30 bits per heavy atom. The van der Waals surface area contributed by atoms with Crippen molar-refractivity contribution >= 4 is 15.9 Å². The number of benzene rings is 2. The molecule has 2 aromatic rings. The van der Waals surface area contributed by atoms with E-state index in [-0.39, 0.29) is 10.8 Å². The predicted octanol–water partition coefficient (Wildman–Crippen LogP) is 2.06. The zero-order chi connectivity index (χ0) is 23.4. The van der Waals surface area contributed by atoms with E-state index in [4.69, 9.17) is 10.00 Å². The second-order valence-corrected chi connectivity index (χ2v) is 10.3. The smallest absolute Gasteiger partial charge is 0.243 e. The fraction of sp³-hybridized carbons (Fsp3) is 0.417. The Balaban J connectivity index is 1.37. The van der Waals surface area contributed by atoms with Gasteiger partial charge in [0, 0.05) is 39.3 Å². The van der Waals surface area contributed by atoms with Crippen LogP contribution in [-0.2, 0) is 21.4 Å². The lowest BCUT2D eigenvalue weighted by atomic mass is 10.1. The van der Waals surface area contributed by atoms with Gasteiger partial charge in [-0.3, -0.25) is 9.69 Å². The Kier molecular flexibility index (Phi) is 6.98. The maximum absolute atomic E-state index is 13.3. The predicted molar refractivity (Wildman–Crippen MR) is 123 cm³/mol. The second-order valence-electron chi connectivity index (χ2n) is 8.36. The van der Waals surface area contributed by atoms with E-state index in [0.717, 1.165) is 25.2 Å². The van der Waals surface area contributed by atoms with Gasteiger partial charge in [0.15, 0.2) is 0 Å². The highest BCUT2D eigenvalue weighted by Crippen LogP contribution is 2.28. The van der Waals surface area contributed by atoms with Crippen molar-refractivity contribution in [2.75, 3.05) is 39.8 Å². The van der Waals surface area contributed by atoms with E-state index < -0.39 is 16.1 Å². The lowest BCUT2D eigenvalue weighted by Crippen LogP contribution is -2.54. The van der Waals surface area contributed by atoms with Gasteiger partial charge in [0.1, 0.15) is 11.8 Å². The van der Waals surface area contributed by atoms with E-state index in [2.05, 4.69) is 11.0 Å². The van der Waals surface area contributed by atoms with Crippen molar-refractivity contribution in [3.8, 4) is 11.8 Å². The Morgan fingerprint density at radius 2 is 1.70 bits per heavy atom. The van der Waals surface area contributed by atoms with Crippen LogP contribution in [0.5, 0.6) is 5.75 Å². The quantitative estimate of drug-likeness (QED) is 0.644. The molecule has 0 spiro atoms. The number of ether oxygens (including phenoxy) is 1. The number of amides is 1. The summed E-state index contributed by atoms with van der Waals surface area (Å²) in [4.78, 5) is 17.5. The maximum atomic E-state index is 13.3. The summed E-state index contributed by atoms with van der Waals surface area (Å²) in [5.41, 5.74) is 1.77. The Hall–Kier alpha value is -2.93. The van der Waals surface area contributed by atoms with Crippen LogP contribution >= 0.6 is 0 Å². The summed E-state index contributed by atoms with van der Waals surface area (Å²) in [5, 5.41) is 8.93. The molecule has 2 aromatic carbocycles. The summed E-state index contributed by atoms with van der Waals surface area (Å²) in [6, 6.07) is 15.3. The van der Waals surface area contributed by atoms with Gasteiger partial charge in [-0.05, 0) is 54.8 Å². The van der Waals surface area contributed by atoms with Crippen LogP contribution in [0.15, 0.2) is 53.4 Å². The molecule has 33 heavy (non-hydrogen) atoms. The summed E-state index contributed by atoms with van der Waals surface area (Å²) < 4.78 is 32.9. The van der Waals surface area contributed by atoms with Crippen LogP contribution < -0.4 is 4.74 Å². The molecular formula is C24H28N4O4S. The van der Waals surface area contributed by atoms with Crippen LogP contribution in [0.1, 0.15) is 24.0 Å². The molecular weight excluding hydrogens is 440 g/mol. The Morgan fingerprint density at radius 1 is 1.03 bits per heavy atom. The number of nitrogens with zero attached hydrogens (tertiary/aromatic N) is 4. The van der Waals surface area contributed by atoms with Crippen LogP contribution in [0.3, 0.4) is 0 Å². The number of carbonyl (C=O) groups excluding carboxylic acids is 1. The molecule has 0 saturated carbocycles. The number of nitriles is 1. The molecule has 0 bridgehead atoms. The summed E-state index contributed by atoms with van der Waals surface area (Å²) in [7, 11) is -2.23. The summed E-state index contributed by atoms with van der Waals surface area (Å²) in [6.45, 7) is 3.70. The molecule has 8 nitrogen and oxygen atoms in total. The van der Waals surface area contributed by atoms with Crippen molar-refractivity contribution in [2.24, 2.45) is 0 Å². The minimum atomic E-state index is -3.76. The van der Waals surface area contributed by atoms with Gasteiger partial charge in [-0.15, -0.1) is 0 Å². The molecule has 0 aromatic heterocycles. The van der Waals surface area contributed by atoms with E-state index in [0.29, 0.717) is 43.8 Å². The van der Waals surface area contributed by atoms with Gasteiger partial charge >= 0.3 is 0 Å². The van der Waals surface area contributed by atoms with Gasteiger partial charge < -0.3 is 9.64 Å². The first kappa shape index (κ1) is 23.2. The summed E-state index contributed by atoms with van der Waals surface area (Å²) in [5.74, 6) is 0.476. The Labute approximate surface area is 195 Å². The summed E-state index contributed by atoms with van der Waals surface area (Å²) in [6.07, 6.45) is 1.21. The minimum absolute atomic E-state index is 0.109. The molecule has 0 radical (unpaired) electrons. The van der Waals surface area contributed by atoms with Crippen LogP contribution in [0, 0.1) is 11.3 Å². The van der Waals surface area contributed by atoms with Gasteiger partial charge in [0.25, 0.3) is 0 Å². The highest BCUT2D eigenvalue weighted by atomic mass is 32.2. The van der Waals surface area contributed by atoms with Gasteiger partial charge in [0.05, 0.1) is 23.6 Å². The highest BCUT2D eigenvalue weighted by Gasteiger charge is 2.41. The molecule has 4 rings (SSSR count). The van der Waals surface area contributed by atoms with E-state index in [1.807, 2.05) is 24.3 Å². The number of piperazine rings is 1. The number of hydrogen-bond acceptors (Lipinski definition) is 6. The zero-order valence-corrected chi connectivity index (χ0v) is 19.5. The zero-order valence-electron chi connectivity index (χ0n) is 18.7. The molecule has 174 valence electrons. The molecule has 1 atom stereocenters. The number of carbonyl (C=O) groups is 1. The van der Waals surface area contributed by atoms with Crippen LogP contribution in [0.2, 0.25) is 0 Å². The van der Waals surface area contributed by atoms with Crippen LogP contribution in [0.25, 0.3) is 0 Å². The molecule has 2 saturated heterocycles. The first-order valence-corrected chi connectivity index (χ1v) is 12.5. The lowest BCUT2D eigenvalue weighted by Gasteiger charge is -2.37. The molecule has 2 heterocycles. The average molecular weight is 469 g/mol. The second kappa shape index (κ2) is 9.91. The monoisotopic (exact) mass is 468 g/mol. The normalized spacial score (nSPS) is 19.9. The van der Waals surface area contributed by atoms with Gasteiger partial charge in [0.2, 0.25) is 15.9 Å². The SMILES string of the molecule is COc1ccc(S(=O)(=O)N2CCC[C@H]2C(=O)N2CCN(Cc3ccc(C#N)cc3)CC2)cc1. The molecule has 2 aliphatic rings. The number of rotatable bonds is 6. The molecule has 1 amide bonds. The van der Waals surface area contributed by atoms with Crippen molar-refractivity contribution in [3.63, 3.8) is 0 Å². The maximum Gasteiger partial charge on any atom is 0.243 e. The lowest BCUT2D eigenvalue weighted by molar-refractivity contribution is -0.136. The molecule has 0 unspecified atom stereocenters. The van der Waals surface area contributed by atoms with Crippen molar-refractivity contribution in [1.82, 2.24) is 14.1 Å². The van der Waals surface area contributed by atoms with E-state index in [1.165, 1.54) is 23.5 Å². The molecule has 2 aliphatic heterocycles. The number of methoxy groups -OCH3 is 1. The van der Waals surface area contributed by atoms with Crippen molar-refractivity contribution in [2.45, 2.75) is 30.3 Å². The highest BCUT2D eigenvalue weighted by molar-refractivity contribution is 7.89. The molecule has 0 N–H and O–H groups in total. The van der Waals surface area contributed by atoms with E-state index >= 15 is 0 Å². The molecule has 2 fully saturated rings. The Bertz CT molecular complexity index is 1120. The van der Waals surface area contributed by atoms with Crippen molar-refractivity contribution in [1.29, 1.82) is 5.26 Å². The minimum Gasteiger partial charge on any atom is -0.497 e. The largest absolute Gasteiger partial charge is 0.497 e. The summed E-state index contributed by atoms with van der Waals surface area (Å²) >= 11 is 0. The third-order valence-electron chi connectivity index (χ3n) is 6.33.